The van der Waals surface area contributed by atoms with Crippen LogP contribution in [0.4, 0.5) is 0 Å². The van der Waals surface area contributed by atoms with Crippen LogP contribution in [0.5, 0.6) is 0 Å². The molecule has 4 heteroatoms. The number of rotatable bonds is 5. The molecule has 0 bridgehead atoms. The van der Waals surface area contributed by atoms with Gasteiger partial charge in [0.15, 0.2) is 0 Å². The Balaban J connectivity index is 1.60. The molecule has 3 rings (SSSR count). The fourth-order valence-corrected chi connectivity index (χ4v) is 4.73. The molecule has 22 heavy (non-hydrogen) atoms. The average Bonchev–Trinajstić information content (AvgIpc) is 2.56. The Morgan fingerprint density at radius 1 is 0.955 bits per heavy atom. The molecular formula is C18H34N2O2. The highest BCUT2D eigenvalue weighted by atomic mass is 16.5. The number of piperidine rings is 1. The van der Waals surface area contributed by atoms with Gasteiger partial charge in [0.05, 0.1) is 19.3 Å². The summed E-state index contributed by atoms with van der Waals surface area (Å²) in [4.78, 5) is 5.36. The molecule has 2 aliphatic heterocycles. The van der Waals surface area contributed by atoms with Gasteiger partial charge in [-0.05, 0) is 37.6 Å². The Kier molecular flexibility index (Phi) is 6.14. The third-order valence-electron chi connectivity index (χ3n) is 5.93. The maximum Gasteiger partial charge on any atom is 0.0698 e. The summed E-state index contributed by atoms with van der Waals surface area (Å²) in [5, 5.41) is 0. The number of hydrogen-bond donors (Lipinski definition) is 0. The smallest absolute Gasteiger partial charge is 0.0698 e. The quantitative estimate of drug-likeness (QED) is 0.778. The van der Waals surface area contributed by atoms with Crippen LogP contribution in [0.25, 0.3) is 0 Å². The predicted molar refractivity (Wildman–Crippen MR) is 89.2 cm³/mol. The molecule has 128 valence electrons. The molecule has 0 unspecified atom stereocenters. The predicted octanol–water partition coefficient (Wildman–Crippen LogP) is 2.38. The van der Waals surface area contributed by atoms with Crippen molar-refractivity contribution in [2.45, 2.75) is 51.0 Å². The Bertz CT molecular complexity index is 325. The maximum absolute atomic E-state index is 5.62. The van der Waals surface area contributed by atoms with E-state index in [1.807, 2.05) is 7.11 Å². The van der Waals surface area contributed by atoms with Gasteiger partial charge < -0.3 is 14.4 Å². The van der Waals surface area contributed by atoms with E-state index in [4.69, 9.17) is 9.47 Å². The topological polar surface area (TPSA) is 24.9 Å². The Morgan fingerprint density at radius 3 is 2.41 bits per heavy atom. The second-order valence-electron chi connectivity index (χ2n) is 7.68. The third kappa shape index (κ3) is 4.44. The molecule has 3 fully saturated rings. The van der Waals surface area contributed by atoms with Crippen molar-refractivity contribution >= 4 is 0 Å². The lowest BCUT2D eigenvalue weighted by molar-refractivity contribution is -0.0224. The number of methoxy groups -OCH3 is 1. The lowest BCUT2D eigenvalue weighted by Gasteiger charge is -2.46. The van der Waals surface area contributed by atoms with Crippen molar-refractivity contribution in [1.29, 1.82) is 0 Å². The summed E-state index contributed by atoms with van der Waals surface area (Å²) in [6, 6.07) is 0. The minimum absolute atomic E-state index is 0.456. The van der Waals surface area contributed by atoms with Crippen LogP contribution in [0.1, 0.15) is 44.9 Å². The van der Waals surface area contributed by atoms with Gasteiger partial charge in [0, 0.05) is 39.8 Å². The molecule has 3 aliphatic rings. The number of nitrogens with zero attached hydrogens (tertiary/aromatic N) is 2. The lowest BCUT2D eigenvalue weighted by atomic mass is 9.73. The fraction of sp³-hybridized carbons (Fsp3) is 1.00. The molecule has 2 heterocycles. The second-order valence-corrected chi connectivity index (χ2v) is 7.68. The first-order chi connectivity index (χ1) is 10.8. The zero-order chi connectivity index (χ0) is 15.3. The van der Waals surface area contributed by atoms with Crippen molar-refractivity contribution in [1.82, 2.24) is 9.80 Å². The Labute approximate surface area is 136 Å². The highest BCUT2D eigenvalue weighted by Crippen LogP contribution is 2.38. The summed E-state index contributed by atoms with van der Waals surface area (Å²) in [5.74, 6) is 0. The van der Waals surface area contributed by atoms with Gasteiger partial charge in [-0.25, -0.2) is 0 Å². The highest BCUT2D eigenvalue weighted by molar-refractivity contribution is 4.90. The van der Waals surface area contributed by atoms with Crippen molar-refractivity contribution in [3.05, 3.63) is 0 Å². The zero-order valence-corrected chi connectivity index (χ0v) is 14.4. The summed E-state index contributed by atoms with van der Waals surface area (Å²) >= 11 is 0. The van der Waals surface area contributed by atoms with E-state index in [-0.39, 0.29) is 0 Å². The van der Waals surface area contributed by atoms with Gasteiger partial charge >= 0.3 is 0 Å². The molecular weight excluding hydrogens is 276 g/mol. The molecule has 1 saturated carbocycles. The van der Waals surface area contributed by atoms with Gasteiger partial charge in [-0.2, -0.15) is 0 Å². The minimum atomic E-state index is 0.456. The molecule has 0 amide bonds. The number of morpholine rings is 1. The molecule has 1 aliphatic carbocycles. The molecule has 2 saturated heterocycles. The van der Waals surface area contributed by atoms with Crippen LogP contribution in [0.15, 0.2) is 0 Å². The van der Waals surface area contributed by atoms with Crippen LogP contribution in [-0.2, 0) is 9.47 Å². The van der Waals surface area contributed by atoms with Crippen LogP contribution >= 0.6 is 0 Å². The van der Waals surface area contributed by atoms with E-state index in [1.54, 1.807) is 0 Å². The summed E-state index contributed by atoms with van der Waals surface area (Å²) < 4.78 is 11.2. The lowest BCUT2D eigenvalue weighted by Crippen LogP contribution is -2.51. The van der Waals surface area contributed by atoms with Crippen LogP contribution in [0.3, 0.4) is 0 Å². The van der Waals surface area contributed by atoms with Gasteiger partial charge in [-0.15, -0.1) is 0 Å². The monoisotopic (exact) mass is 310 g/mol. The zero-order valence-electron chi connectivity index (χ0n) is 14.4. The molecule has 4 nitrogen and oxygen atoms in total. The van der Waals surface area contributed by atoms with Crippen molar-refractivity contribution < 1.29 is 9.47 Å². The van der Waals surface area contributed by atoms with Crippen LogP contribution in [0, 0.1) is 5.41 Å². The molecule has 0 aromatic carbocycles. The molecule has 1 atom stereocenters. The van der Waals surface area contributed by atoms with Gasteiger partial charge in [0.25, 0.3) is 0 Å². The minimum Gasteiger partial charge on any atom is -0.380 e. The first-order valence-corrected chi connectivity index (χ1v) is 9.35. The van der Waals surface area contributed by atoms with E-state index in [1.165, 1.54) is 64.6 Å². The first-order valence-electron chi connectivity index (χ1n) is 9.35. The number of hydrogen-bond acceptors (Lipinski definition) is 4. The van der Waals surface area contributed by atoms with E-state index in [9.17, 15) is 0 Å². The van der Waals surface area contributed by atoms with Crippen molar-refractivity contribution in [3.63, 3.8) is 0 Å². The molecule has 0 spiro atoms. The van der Waals surface area contributed by atoms with Crippen LogP contribution in [0.2, 0.25) is 0 Å². The summed E-state index contributed by atoms with van der Waals surface area (Å²) in [6.07, 6.45) is 10.1. The van der Waals surface area contributed by atoms with Crippen molar-refractivity contribution in [2.24, 2.45) is 5.41 Å². The first kappa shape index (κ1) is 16.7. The van der Waals surface area contributed by atoms with Gasteiger partial charge in [-0.3, -0.25) is 4.90 Å². The molecule has 0 N–H and O–H groups in total. The fourth-order valence-electron chi connectivity index (χ4n) is 4.73. The largest absolute Gasteiger partial charge is 0.380 e. The summed E-state index contributed by atoms with van der Waals surface area (Å²) in [5.41, 5.74) is 0.519. The average molecular weight is 310 g/mol. The normalized spacial score (nSPS) is 31.2. The van der Waals surface area contributed by atoms with Gasteiger partial charge in [-0.1, -0.05) is 19.3 Å². The van der Waals surface area contributed by atoms with E-state index in [0.29, 0.717) is 11.5 Å². The van der Waals surface area contributed by atoms with E-state index < -0.39 is 0 Å². The van der Waals surface area contributed by atoms with Crippen LogP contribution in [-0.4, -0.2) is 75.5 Å². The number of ether oxygens (including phenoxy) is 2. The van der Waals surface area contributed by atoms with Crippen molar-refractivity contribution in [2.75, 3.05) is 59.6 Å². The highest BCUT2D eigenvalue weighted by Gasteiger charge is 2.37. The number of likely N-dealkylation sites (tertiary alicyclic amines) is 1. The van der Waals surface area contributed by atoms with Gasteiger partial charge in [0.1, 0.15) is 0 Å². The second kappa shape index (κ2) is 8.09. The molecule has 0 aromatic heterocycles. The van der Waals surface area contributed by atoms with E-state index >= 15 is 0 Å². The summed E-state index contributed by atoms with van der Waals surface area (Å²) in [6.45, 7) is 9.07. The molecule has 0 radical (unpaired) electrons. The van der Waals surface area contributed by atoms with Crippen molar-refractivity contribution in [3.8, 4) is 0 Å². The maximum atomic E-state index is 5.62. The SMILES string of the molecule is CO[C@H]1CCCN(CC2(CN3CCOCC3)CCCCC2)C1. The van der Waals surface area contributed by atoms with E-state index in [0.717, 1.165) is 32.8 Å². The Morgan fingerprint density at radius 2 is 1.68 bits per heavy atom. The Hall–Kier alpha value is -0.160. The standard InChI is InChI=1S/C18H34N2O2/c1-21-17-6-5-9-20(14-17)16-18(7-3-2-4-8-18)15-19-10-12-22-13-11-19/h17H,2-16H2,1H3/t17-/m0/s1. The molecule has 0 aromatic rings. The third-order valence-corrected chi connectivity index (χ3v) is 5.93. The summed E-state index contributed by atoms with van der Waals surface area (Å²) in [7, 11) is 1.87. The van der Waals surface area contributed by atoms with Crippen LogP contribution < -0.4 is 0 Å². The van der Waals surface area contributed by atoms with Gasteiger partial charge in [0.2, 0.25) is 0 Å². The van der Waals surface area contributed by atoms with E-state index in [2.05, 4.69) is 9.80 Å².